The number of benzene rings is 2. The van der Waals surface area contributed by atoms with Crippen LogP contribution in [-0.4, -0.2) is 11.7 Å². The molecule has 2 aromatic rings. The third-order valence-electron chi connectivity index (χ3n) is 2.64. The van der Waals surface area contributed by atoms with E-state index in [1.165, 1.54) is 6.92 Å². The van der Waals surface area contributed by atoms with Crippen molar-refractivity contribution in [2.75, 3.05) is 5.32 Å². The number of hydrogen-bond acceptors (Lipinski definition) is 2. The highest BCUT2D eigenvalue weighted by molar-refractivity contribution is 14.1. The lowest BCUT2D eigenvalue weighted by Crippen LogP contribution is -2.14. The molecule has 0 aliphatic heterocycles. The molecule has 0 aromatic heterocycles. The molecule has 0 unspecified atom stereocenters. The molecule has 0 spiro atoms. The molecule has 19 heavy (non-hydrogen) atoms. The molecule has 4 heteroatoms. The van der Waals surface area contributed by atoms with Gasteiger partial charge in [0.05, 0.1) is 5.69 Å². The quantitative estimate of drug-likeness (QED) is 0.665. The molecule has 0 aliphatic rings. The summed E-state index contributed by atoms with van der Waals surface area (Å²) in [6.07, 6.45) is 0. The van der Waals surface area contributed by atoms with Crippen molar-refractivity contribution in [3.8, 4) is 0 Å². The second-order valence-electron chi connectivity index (χ2n) is 4.07. The van der Waals surface area contributed by atoms with Crippen LogP contribution in [0.15, 0.2) is 48.5 Å². The summed E-state index contributed by atoms with van der Waals surface area (Å²) in [4.78, 5) is 23.6. The van der Waals surface area contributed by atoms with E-state index < -0.39 is 0 Å². The van der Waals surface area contributed by atoms with Crippen molar-refractivity contribution in [3.05, 3.63) is 63.2 Å². The lowest BCUT2D eigenvalue weighted by Gasteiger charge is -2.09. The molecule has 0 saturated heterocycles. The summed E-state index contributed by atoms with van der Waals surface area (Å²) in [6, 6.07) is 14.3. The fourth-order valence-electron chi connectivity index (χ4n) is 1.72. The minimum absolute atomic E-state index is 0.0708. The first-order valence-corrected chi connectivity index (χ1v) is 6.82. The van der Waals surface area contributed by atoms with Crippen molar-refractivity contribution in [2.45, 2.75) is 6.92 Å². The topological polar surface area (TPSA) is 46.2 Å². The Bertz CT molecular complexity index is 638. The van der Waals surface area contributed by atoms with Crippen LogP contribution in [0.1, 0.15) is 27.6 Å². The summed E-state index contributed by atoms with van der Waals surface area (Å²) in [6.45, 7) is 1.48. The molecule has 0 aliphatic carbocycles. The molecule has 2 rings (SSSR count). The molecular formula is C15H12INO2. The maximum absolute atomic E-state index is 12.1. The van der Waals surface area contributed by atoms with Gasteiger partial charge in [0.15, 0.2) is 5.78 Å². The van der Waals surface area contributed by atoms with Gasteiger partial charge in [-0.25, -0.2) is 0 Å². The van der Waals surface area contributed by atoms with Crippen LogP contribution in [0, 0.1) is 3.57 Å². The summed E-state index contributed by atoms with van der Waals surface area (Å²) < 4.78 is 0.991. The number of ketones is 1. The lowest BCUT2D eigenvalue weighted by atomic mass is 10.1. The Kier molecular flexibility index (Phi) is 4.31. The van der Waals surface area contributed by atoms with Gasteiger partial charge in [-0.2, -0.15) is 0 Å². The smallest absolute Gasteiger partial charge is 0.255 e. The van der Waals surface area contributed by atoms with Crippen LogP contribution in [0.2, 0.25) is 0 Å². The Morgan fingerprint density at radius 1 is 1.05 bits per heavy atom. The van der Waals surface area contributed by atoms with Crippen molar-refractivity contribution in [2.24, 2.45) is 0 Å². The second kappa shape index (κ2) is 5.97. The number of anilines is 1. The number of para-hydroxylation sites is 1. The predicted octanol–water partition coefficient (Wildman–Crippen LogP) is 3.75. The van der Waals surface area contributed by atoms with Crippen LogP contribution in [0.5, 0.6) is 0 Å². The van der Waals surface area contributed by atoms with Crippen LogP contribution in [0.4, 0.5) is 5.69 Å². The van der Waals surface area contributed by atoms with E-state index in [-0.39, 0.29) is 11.7 Å². The second-order valence-corrected chi connectivity index (χ2v) is 5.31. The average Bonchev–Trinajstić information content (AvgIpc) is 2.39. The van der Waals surface area contributed by atoms with Crippen LogP contribution in [0.3, 0.4) is 0 Å². The Morgan fingerprint density at radius 3 is 2.47 bits per heavy atom. The summed E-state index contributed by atoms with van der Waals surface area (Å²) in [5, 5.41) is 2.77. The first-order valence-electron chi connectivity index (χ1n) is 5.75. The highest BCUT2D eigenvalue weighted by atomic mass is 127. The van der Waals surface area contributed by atoms with Gasteiger partial charge in [-0.1, -0.05) is 18.2 Å². The third-order valence-corrected chi connectivity index (χ3v) is 3.31. The zero-order valence-electron chi connectivity index (χ0n) is 10.3. The Hall–Kier alpha value is -1.69. The van der Waals surface area contributed by atoms with Crippen LogP contribution in [0.25, 0.3) is 0 Å². The number of Topliss-reactive ketones (excluding diaryl/α,β-unsaturated/α-hetero) is 1. The minimum Gasteiger partial charge on any atom is -0.321 e. The van der Waals surface area contributed by atoms with E-state index >= 15 is 0 Å². The molecule has 3 nitrogen and oxygen atoms in total. The SMILES string of the molecule is CC(=O)c1ccccc1NC(=O)c1cccc(I)c1. The molecule has 0 heterocycles. The van der Waals surface area contributed by atoms with Gasteiger partial charge in [-0.3, -0.25) is 9.59 Å². The van der Waals surface area contributed by atoms with Gasteiger partial charge >= 0.3 is 0 Å². The van der Waals surface area contributed by atoms with E-state index in [9.17, 15) is 9.59 Å². The van der Waals surface area contributed by atoms with Gasteiger partial charge in [0.1, 0.15) is 0 Å². The fraction of sp³-hybridized carbons (Fsp3) is 0.0667. The number of rotatable bonds is 3. The zero-order chi connectivity index (χ0) is 13.8. The van der Waals surface area contributed by atoms with Crippen molar-refractivity contribution < 1.29 is 9.59 Å². The van der Waals surface area contributed by atoms with E-state index in [2.05, 4.69) is 27.9 Å². The molecule has 0 radical (unpaired) electrons. The summed E-state index contributed by atoms with van der Waals surface area (Å²) in [7, 11) is 0. The highest BCUT2D eigenvalue weighted by Gasteiger charge is 2.11. The van der Waals surface area contributed by atoms with Gasteiger partial charge in [0.25, 0.3) is 5.91 Å². The highest BCUT2D eigenvalue weighted by Crippen LogP contribution is 2.17. The standard InChI is InChI=1S/C15H12INO2/c1-10(18)13-7-2-3-8-14(13)17-15(19)11-5-4-6-12(16)9-11/h2-9H,1H3,(H,17,19). The number of amides is 1. The summed E-state index contributed by atoms with van der Waals surface area (Å²) in [5.74, 6) is -0.286. The number of nitrogens with one attached hydrogen (secondary N) is 1. The molecule has 0 fully saturated rings. The van der Waals surface area contributed by atoms with E-state index in [4.69, 9.17) is 0 Å². The lowest BCUT2D eigenvalue weighted by molar-refractivity contribution is 0.101. The number of halogens is 1. The van der Waals surface area contributed by atoms with Crippen LogP contribution in [-0.2, 0) is 0 Å². The van der Waals surface area contributed by atoms with Gasteiger partial charge in [0.2, 0.25) is 0 Å². The number of carbonyl (C=O) groups excluding carboxylic acids is 2. The first kappa shape index (κ1) is 13.7. The van der Waals surface area contributed by atoms with E-state index in [1.807, 2.05) is 12.1 Å². The van der Waals surface area contributed by atoms with E-state index in [0.717, 1.165) is 3.57 Å². The molecule has 0 atom stereocenters. The number of hydrogen-bond donors (Lipinski definition) is 1. The summed E-state index contributed by atoms with van der Waals surface area (Å²) in [5.41, 5.74) is 1.63. The summed E-state index contributed by atoms with van der Waals surface area (Å²) >= 11 is 2.15. The molecule has 2 aromatic carbocycles. The third kappa shape index (κ3) is 3.41. The fourth-order valence-corrected chi connectivity index (χ4v) is 2.27. The van der Waals surface area contributed by atoms with Crippen molar-refractivity contribution in [1.82, 2.24) is 0 Å². The van der Waals surface area contributed by atoms with Crippen molar-refractivity contribution in [1.29, 1.82) is 0 Å². The first-order chi connectivity index (χ1) is 9.08. The van der Waals surface area contributed by atoms with Crippen molar-refractivity contribution >= 4 is 40.0 Å². The Morgan fingerprint density at radius 2 is 1.79 bits per heavy atom. The molecular weight excluding hydrogens is 353 g/mol. The molecule has 96 valence electrons. The van der Waals surface area contributed by atoms with Gasteiger partial charge in [-0.05, 0) is 59.8 Å². The van der Waals surface area contributed by atoms with Crippen LogP contribution < -0.4 is 5.32 Å². The maximum atomic E-state index is 12.1. The monoisotopic (exact) mass is 365 g/mol. The number of carbonyl (C=O) groups is 2. The Balaban J connectivity index is 2.27. The molecule has 1 amide bonds. The van der Waals surface area contributed by atoms with Crippen LogP contribution >= 0.6 is 22.6 Å². The average molecular weight is 365 g/mol. The van der Waals surface area contributed by atoms with Gasteiger partial charge in [0, 0.05) is 14.7 Å². The van der Waals surface area contributed by atoms with Crippen molar-refractivity contribution in [3.63, 3.8) is 0 Å². The van der Waals surface area contributed by atoms with E-state index in [0.29, 0.717) is 16.8 Å². The largest absolute Gasteiger partial charge is 0.321 e. The Labute approximate surface area is 125 Å². The molecule has 0 bridgehead atoms. The van der Waals surface area contributed by atoms with E-state index in [1.54, 1.807) is 36.4 Å². The predicted molar refractivity (Wildman–Crippen MR) is 83.6 cm³/mol. The maximum Gasteiger partial charge on any atom is 0.255 e. The van der Waals surface area contributed by atoms with Gasteiger partial charge in [-0.15, -0.1) is 0 Å². The van der Waals surface area contributed by atoms with Gasteiger partial charge < -0.3 is 5.32 Å². The normalized spacial score (nSPS) is 10.0. The minimum atomic E-state index is -0.216. The molecule has 0 saturated carbocycles. The zero-order valence-corrected chi connectivity index (χ0v) is 12.5. The molecule has 1 N–H and O–H groups in total.